The predicted octanol–water partition coefficient (Wildman–Crippen LogP) is 2.06. The fourth-order valence-electron chi connectivity index (χ4n) is 0.656. The van der Waals surface area contributed by atoms with E-state index in [1.54, 1.807) is 0 Å². The van der Waals surface area contributed by atoms with E-state index in [0.717, 1.165) is 0 Å². The van der Waals surface area contributed by atoms with Crippen LogP contribution in [0.3, 0.4) is 0 Å². The molecule has 0 atom stereocenters. The fraction of sp³-hybridized carbons (Fsp3) is 0.167. The maximum atomic E-state index is 12.4. The Hall–Kier alpha value is -0.530. The van der Waals surface area contributed by atoms with Crippen molar-refractivity contribution in [3.05, 3.63) is 31.5 Å². The lowest BCUT2D eigenvalue weighted by atomic mass is 10.3. The molecule has 0 spiro atoms. The summed E-state index contributed by atoms with van der Waals surface area (Å²) in [7, 11) is 0. The number of H-pyrrole nitrogens is 1. The largest absolute Gasteiger partial charge is 0.357 e. The molecule has 0 aliphatic heterocycles. The minimum atomic E-state index is -2.79. The van der Waals surface area contributed by atoms with Gasteiger partial charge in [-0.15, -0.1) is 0 Å². The van der Waals surface area contributed by atoms with Crippen LogP contribution in [0.25, 0.3) is 0 Å². The molecule has 0 aromatic carbocycles. The van der Waals surface area contributed by atoms with Gasteiger partial charge in [0.05, 0.1) is 9.26 Å². The van der Waals surface area contributed by atoms with Crippen molar-refractivity contribution in [2.24, 2.45) is 0 Å². The van der Waals surface area contributed by atoms with Gasteiger partial charge in [-0.05, 0) is 22.6 Å². The van der Waals surface area contributed by atoms with Crippen LogP contribution in [0.15, 0.2) is 11.0 Å². The third-order valence-corrected chi connectivity index (χ3v) is 2.30. The Morgan fingerprint density at radius 1 is 1.50 bits per heavy atom. The van der Waals surface area contributed by atoms with Crippen LogP contribution in [0.2, 0.25) is 0 Å². The molecule has 0 radical (unpaired) electrons. The van der Waals surface area contributed by atoms with Crippen LogP contribution in [0, 0.1) is 9.39 Å². The van der Waals surface area contributed by atoms with Gasteiger partial charge in [-0.2, -0.15) is 0 Å². The van der Waals surface area contributed by atoms with Gasteiger partial charge >= 0.3 is 0 Å². The highest BCUT2D eigenvalue weighted by Crippen LogP contribution is 2.19. The first kappa shape index (κ1) is 9.56. The zero-order valence-electron chi connectivity index (χ0n) is 5.57. The third-order valence-electron chi connectivity index (χ3n) is 1.23. The van der Waals surface area contributed by atoms with Crippen LogP contribution in [0.4, 0.5) is 13.2 Å². The minimum absolute atomic E-state index is 0.303. The van der Waals surface area contributed by atoms with E-state index in [-0.39, 0.29) is 3.57 Å². The second kappa shape index (κ2) is 3.46. The lowest BCUT2D eigenvalue weighted by molar-refractivity contribution is 0.144. The Morgan fingerprint density at radius 3 is 2.58 bits per heavy atom. The third kappa shape index (κ3) is 1.62. The summed E-state index contributed by atoms with van der Waals surface area (Å²) < 4.78 is 36.2. The molecule has 1 aromatic rings. The molecule has 66 valence electrons. The van der Waals surface area contributed by atoms with Gasteiger partial charge in [0.15, 0.2) is 5.82 Å². The molecule has 0 saturated heterocycles. The van der Waals surface area contributed by atoms with Crippen LogP contribution in [-0.4, -0.2) is 4.98 Å². The van der Waals surface area contributed by atoms with Gasteiger partial charge in [0.2, 0.25) is 5.43 Å². The number of rotatable bonds is 1. The minimum Gasteiger partial charge on any atom is -0.357 e. The highest BCUT2D eigenvalue weighted by atomic mass is 127. The van der Waals surface area contributed by atoms with Gasteiger partial charge in [0.25, 0.3) is 6.43 Å². The molecule has 6 heteroatoms. The molecule has 12 heavy (non-hydrogen) atoms. The SMILES string of the molecule is O=c1c(F)c[nH]c(C(F)F)c1I. The fourth-order valence-corrected chi connectivity index (χ4v) is 1.30. The van der Waals surface area contributed by atoms with Crippen molar-refractivity contribution < 1.29 is 13.2 Å². The van der Waals surface area contributed by atoms with Crippen molar-refractivity contribution in [2.75, 3.05) is 0 Å². The smallest absolute Gasteiger partial charge is 0.279 e. The molecule has 1 heterocycles. The Bertz CT molecular complexity index is 349. The van der Waals surface area contributed by atoms with Crippen molar-refractivity contribution in [1.82, 2.24) is 4.98 Å². The number of pyridine rings is 1. The van der Waals surface area contributed by atoms with E-state index in [2.05, 4.69) is 0 Å². The summed E-state index contributed by atoms with van der Waals surface area (Å²) in [5, 5.41) is 0. The van der Waals surface area contributed by atoms with Crippen LogP contribution < -0.4 is 5.43 Å². The summed E-state index contributed by atoms with van der Waals surface area (Å²) in [6.07, 6.45) is -2.16. The molecular formula is C6H3F3INO. The summed E-state index contributed by atoms with van der Waals surface area (Å²) in [6.45, 7) is 0. The van der Waals surface area contributed by atoms with Crippen molar-refractivity contribution in [3.8, 4) is 0 Å². The summed E-state index contributed by atoms with van der Waals surface area (Å²) >= 11 is 1.38. The monoisotopic (exact) mass is 289 g/mol. The van der Waals surface area contributed by atoms with Crippen LogP contribution >= 0.6 is 22.6 Å². The Labute approximate surface area is 78.9 Å². The van der Waals surface area contributed by atoms with Gasteiger partial charge < -0.3 is 4.98 Å². The molecular weight excluding hydrogens is 286 g/mol. The average molecular weight is 289 g/mol. The standard InChI is InChI=1S/C6H3F3INO/c7-2-1-11-4(6(8)9)3(10)5(2)12/h1,6H,(H,11,12). The molecule has 0 amide bonds. The lowest BCUT2D eigenvalue weighted by Gasteiger charge is -2.01. The second-order valence-electron chi connectivity index (χ2n) is 1.99. The summed E-state index contributed by atoms with van der Waals surface area (Å²) in [4.78, 5) is 12.8. The molecule has 1 aromatic heterocycles. The molecule has 1 rings (SSSR count). The van der Waals surface area contributed by atoms with Crippen LogP contribution in [0.5, 0.6) is 0 Å². The van der Waals surface area contributed by atoms with E-state index in [9.17, 15) is 18.0 Å². The zero-order chi connectivity index (χ0) is 9.30. The molecule has 0 aliphatic rings. The second-order valence-corrected chi connectivity index (χ2v) is 3.07. The number of hydrogen-bond acceptors (Lipinski definition) is 1. The zero-order valence-corrected chi connectivity index (χ0v) is 7.73. The number of nitrogens with one attached hydrogen (secondary N) is 1. The highest BCUT2D eigenvalue weighted by molar-refractivity contribution is 14.1. The van der Waals surface area contributed by atoms with Gasteiger partial charge in [0.1, 0.15) is 0 Å². The van der Waals surface area contributed by atoms with E-state index < -0.39 is 23.4 Å². The van der Waals surface area contributed by atoms with Gasteiger partial charge in [-0.3, -0.25) is 4.79 Å². The number of aromatic amines is 1. The van der Waals surface area contributed by atoms with Gasteiger partial charge in [-0.1, -0.05) is 0 Å². The number of hydrogen-bond donors (Lipinski definition) is 1. The van der Waals surface area contributed by atoms with Crippen LogP contribution in [0.1, 0.15) is 12.1 Å². The summed E-state index contributed by atoms with van der Waals surface area (Å²) in [5.41, 5.74) is -1.54. The highest BCUT2D eigenvalue weighted by Gasteiger charge is 2.16. The molecule has 0 aliphatic carbocycles. The van der Waals surface area contributed by atoms with E-state index in [1.165, 1.54) is 22.6 Å². The number of aromatic nitrogens is 1. The first-order valence-corrected chi connectivity index (χ1v) is 3.96. The lowest BCUT2D eigenvalue weighted by Crippen LogP contribution is -2.14. The normalized spacial score (nSPS) is 10.8. The quantitative estimate of drug-likeness (QED) is 0.789. The Kier molecular flexibility index (Phi) is 2.76. The maximum absolute atomic E-state index is 12.4. The molecule has 0 bridgehead atoms. The van der Waals surface area contributed by atoms with E-state index >= 15 is 0 Å². The van der Waals surface area contributed by atoms with E-state index in [1.807, 2.05) is 4.98 Å². The molecule has 0 fully saturated rings. The number of alkyl halides is 2. The van der Waals surface area contributed by atoms with Crippen molar-refractivity contribution >= 4 is 22.6 Å². The van der Waals surface area contributed by atoms with Crippen molar-refractivity contribution in [2.45, 2.75) is 6.43 Å². The van der Waals surface area contributed by atoms with Gasteiger partial charge in [0, 0.05) is 6.20 Å². The average Bonchev–Trinajstić information content (AvgIpc) is 2.00. The maximum Gasteiger partial charge on any atom is 0.279 e. The molecule has 0 saturated carbocycles. The molecule has 1 N–H and O–H groups in total. The first-order chi connectivity index (χ1) is 5.54. The summed E-state index contributed by atoms with van der Waals surface area (Å²) in [5.74, 6) is -1.05. The molecule has 2 nitrogen and oxygen atoms in total. The molecule has 0 unspecified atom stereocenters. The summed E-state index contributed by atoms with van der Waals surface area (Å²) in [6, 6.07) is 0. The topological polar surface area (TPSA) is 32.9 Å². The number of halogens is 4. The van der Waals surface area contributed by atoms with E-state index in [0.29, 0.717) is 6.20 Å². The van der Waals surface area contributed by atoms with Gasteiger partial charge in [-0.25, -0.2) is 13.2 Å². The van der Waals surface area contributed by atoms with E-state index in [4.69, 9.17) is 0 Å². The van der Waals surface area contributed by atoms with Crippen molar-refractivity contribution in [1.29, 1.82) is 0 Å². The first-order valence-electron chi connectivity index (χ1n) is 2.88. The van der Waals surface area contributed by atoms with Crippen LogP contribution in [-0.2, 0) is 0 Å². The Balaban J connectivity index is 3.37. The Morgan fingerprint density at radius 2 is 2.08 bits per heavy atom. The predicted molar refractivity (Wildman–Crippen MR) is 44.7 cm³/mol. The van der Waals surface area contributed by atoms with Crippen molar-refractivity contribution in [3.63, 3.8) is 0 Å².